The van der Waals surface area contributed by atoms with Gasteiger partial charge < -0.3 is 4.90 Å². The summed E-state index contributed by atoms with van der Waals surface area (Å²) in [6, 6.07) is 0. The van der Waals surface area contributed by atoms with Gasteiger partial charge in [-0.05, 0) is 38.4 Å². The lowest BCUT2D eigenvalue weighted by Gasteiger charge is -2.08. The van der Waals surface area contributed by atoms with Crippen molar-refractivity contribution in [2.45, 2.75) is 19.3 Å². The van der Waals surface area contributed by atoms with Crippen molar-refractivity contribution in [1.82, 2.24) is 4.90 Å². The van der Waals surface area contributed by atoms with Gasteiger partial charge in [0, 0.05) is 12.3 Å². The van der Waals surface area contributed by atoms with Gasteiger partial charge in [0.15, 0.2) is 0 Å². The molecule has 0 saturated carbocycles. The molecule has 1 nitrogen and oxygen atoms in total. The summed E-state index contributed by atoms with van der Waals surface area (Å²) in [5, 5.41) is 0. The lowest BCUT2D eigenvalue weighted by Crippen LogP contribution is -2.14. The summed E-state index contributed by atoms with van der Waals surface area (Å²) in [5.41, 5.74) is 0. The molecule has 0 rings (SSSR count). The van der Waals surface area contributed by atoms with Gasteiger partial charge in [-0.1, -0.05) is 6.42 Å². The fourth-order valence-electron chi connectivity index (χ4n) is 0.842. The Morgan fingerprint density at radius 2 is 1.83 bits per heavy atom. The van der Waals surface area contributed by atoms with Crippen LogP contribution in [0.15, 0.2) is 0 Å². The first-order valence-electron chi connectivity index (χ1n) is 4.60. The van der Waals surface area contributed by atoms with Gasteiger partial charge in [-0.25, -0.2) is 0 Å². The van der Waals surface area contributed by atoms with Gasteiger partial charge in [-0.15, -0.1) is 0 Å². The highest BCUT2D eigenvalue weighted by Gasteiger charge is 1.91. The highest BCUT2D eigenvalue weighted by atomic mass is 32.2. The topological polar surface area (TPSA) is 3.24 Å². The minimum absolute atomic E-state index is 1.04. The van der Waals surface area contributed by atoms with Crippen LogP contribution in [-0.2, 0) is 0 Å². The molecule has 0 aromatic heterocycles. The molecule has 0 aromatic carbocycles. The third kappa shape index (κ3) is 10.7. The number of nitrogens with zero attached hydrogens (tertiary/aromatic N) is 1. The average Bonchev–Trinajstić information content (AvgIpc) is 2.02. The van der Waals surface area contributed by atoms with Crippen LogP contribution in [0.4, 0.5) is 0 Å². The van der Waals surface area contributed by atoms with Crippen LogP contribution >= 0.6 is 24.4 Å². The van der Waals surface area contributed by atoms with E-state index in [-0.39, 0.29) is 0 Å². The smallest absolute Gasteiger partial charge is 0.00662 e. The van der Waals surface area contributed by atoms with Crippen molar-refractivity contribution in [2.24, 2.45) is 0 Å². The first-order chi connectivity index (χ1) is 5.77. The molecule has 3 heteroatoms. The zero-order chi connectivity index (χ0) is 9.23. The molecule has 0 unspecified atom stereocenters. The number of thiol groups is 1. The molecule has 74 valence electrons. The molecule has 0 amide bonds. The van der Waals surface area contributed by atoms with Crippen LogP contribution in [0, 0.1) is 0 Å². The molecule has 0 atom stereocenters. The summed E-state index contributed by atoms with van der Waals surface area (Å²) < 4.78 is 0. The van der Waals surface area contributed by atoms with Gasteiger partial charge in [0.1, 0.15) is 0 Å². The molecule has 0 radical (unpaired) electrons. The maximum Gasteiger partial charge on any atom is 0.00662 e. The SMILES string of the molecule is CN(C)CCSCCCCCS. The van der Waals surface area contributed by atoms with E-state index < -0.39 is 0 Å². The summed E-state index contributed by atoms with van der Waals surface area (Å²) in [7, 11) is 4.25. The van der Waals surface area contributed by atoms with E-state index in [0.717, 1.165) is 5.75 Å². The van der Waals surface area contributed by atoms with Gasteiger partial charge in [-0.2, -0.15) is 24.4 Å². The maximum atomic E-state index is 4.18. The van der Waals surface area contributed by atoms with Crippen LogP contribution in [-0.4, -0.2) is 42.8 Å². The third-order valence-corrected chi connectivity index (χ3v) is 2.99. The van der Waals surface area contributed by atoms with Crippen LogP contribution in [0.3, 0.4) is 0 Å². The van der Waals surface area contributed by atoms with E-state index in [0.29, 0.717) is 0 Å². The van der Waals surface area contributed by atoms with Gasteiger partial charge >= 0.3 is 0 Å². The van der Waals surface area contributed by atoms with Crippen molar-refractivity contribution in [2.75, 3.05) is 37.9 Å². The van der Waals surface area contributed by atoms with Crippen LogP contribution in [0.25, 0.3) is 0 Å². The second kappa shape index (κ2) is 9.75. The van der Waals surface area contributed by atoms with Crippen molar-refractivity contribution < 1.29 is 0 Å². The first-order valence-corrected chi connectivity index (χ1v) is 6.39. The predicted molar refractivity (Wildman–Crippen MR) is 63.6 cm³/mol. The molecule has 0 fully saturated rings. The molecule has 0 aromatic rings. The fourth-order valence-corrected chi connectivity index (χ4v) is 2.17. The Morgan fingerprint density at radius 3 is 2.42 bits per heavy atom. The average molecular weight is 207 g/mol. The minimum Gasteiger partial charge on any atom is -0.309 e. The quantitative estimate of drug-likeness (QED) is 0.481. The second-order valence-electron chi connectivity index (χ2n) is 3.20. The zero-order valence-electron chi connectivity index (χ0n) is 8.25. The normalized spacial score (nSPS) is 11.0. The molecular formula is C9H21NS2. The van der Waals surface area contributed by atoms with Gasteiger partial charge in [0.25, 0.3) is 0 Å². The van der Waals surface area contributed by atoms with Crippen molar-refractivity contribution in [3.8, 4) is 0 Å². The van der Waals surface area contributed by atoms with Crippen molar-refractivity contribution in [1.29, 1.82) is 0 Å². The summed E-state index contributed by atoms with van der Waals surface area (Å²) in [6.07, 6.45) is 3.98. The molecule has 0 aliphatic carbocycles. The molecule has 12 heavy (non-hydrogen) atoms. The number of hydrogen-bond acceptors (Lipinski definition) is 3. The molecule has 0 heterocycles. The highest BCUT2D eigenvalue weighted by molar-refractivity contribution is 7.99. The zero-order valence-corrected chi connectivity index (χ0v) is 9.96. The lowest BCUT2D eigenvalue weighted by atomic mass is 10.3. The van der Waals surface area contributed by atoms with Gasteiger partial charge in [0.2, 0.25) is 0 Å². The summed E-state index contributed by atoms with van der Waals surface area (Å²) in [5.74, 6) is 3.64. The molecule has 0 N–H and O–H groups in total. The molecule has 0 aliphatic heterocycles. The second-order valence-corrected chi connectivity index (χ2v) is 4.87. The number of unbranched alkanes of at least 4 members (excludes halogenated alkanes) is 2. The summed E-state index contributed by atoms with van der Waals surface area (Å²) in [4.78, 5) is 2.24. The van der Waals surface area contributed by atoms with E-state index in [4.69, 9.17) is 0 Å². The summed E-state index contributed by atoms with van der Waals surface area (Å²) in [6.45, 7) is 1.21. The molecule has 0 saturated heterocycles. The largest absolute Gasteiger partial charge is 0.309 e. The minimum atomic E-state index is 1.04. The Labute approximate surface area is 86.7 Å². The Morgan fingerprint density at radius 1 is 1.08 bits per heavy atom. The van der Waals surface area contributed by atoms with E-state index in [9.17, 15) is 0 Å². The molecule has 0 spiro atoms. The Hall–Kier alpha value is 0.660. The Kier molecular flexibility index (Phi) is 10.3. The number of hydrogen-bond donors (Lipinski definition) is 1. The molecule has 0 aliphatic rings. The fraction of sp³-hybridized carbons (Fsp3) is 1.00. The van der Waals surface area contributed by atoms with Crippen LogP contribution in [0.5, 0.6) is 0 Å². The van der Waals surface area contributed by atoms with Gasteiger partial charge in [0.05, 0.1) is 0 Å². The third-order valence-electron chi connectivity index (χ3n) is 1.63. The van der Waals surface area contributed by atoms with E-state index in [2.05, 4.69) is 43.4 Å². The Balaban J connectivity index is 2.82. The van der Waals surface area contributed by atoms with E-state index >= 15 is 0 Å². The van der Waals surface area contributed by atoms with E-state index in [1.54, 1.807) is 0 Å². The van der Waals surface area contributed by atoms with E-state index in [1.807, 2.05) is 0 Å². The standard InChI is InChI=1S/C9H21NS2/c1-10(2)6-9-12-8-5-3-4-7-11/h11H,3-9H2,1-2H3. The maximum absolute atomic E-state index is 4.18. The highest BCUT2D eigenvalue weighted by Crippen LogP contribution is 2.06. The van der Waals surface area contributed by atoms with Crippen LogP contribution in [0.1, 0.15) is 19.3 Å². The van der Waals surface area contributed by atoms with E-state index in [1.165, 1.54) is 37.3 Å². The molecular weight excluding hydrogens is 186 g/mol. The monoisotopic (exact) mass is 207 g/mol. The van der Waals surface area contributed by atoms with Crippen molar-refractivity contribution >= 4 is 24.4 Å². The van der Waals surface area contributed by atoms with Crippen LogP contribution < -0.4 is 0 Å². The van der Waals surface area contributed by atoms with Crippen molar-refractivity contribution in [3.05, 3.63) is 0 Å². The summed E-state index contributed by atoms with van der Waals surface area (Å²) >= 11 is 6.24. The van der Waals surface area contributed by atoms with Gasteiger partial charge in [-0.3, -0.25) is 0 Å². The molecule has 0 bridgehead atoms. The predicted octanol–water partition coefficient (Wildman–Crippen LogP) is 2.38. The Bertz CT molecular complexity index is 86.6. The van der Waals surface area contributed by atoms with Crippen LogP contribution in [0.2, 0.25) is 0 Å². The van der Waals surface area contributed by atoms with Crippen molar-refractivity contribution in [3.63, 3.8) is 0 Å². The first kappa shape index (κ1) is 12.7. The number of rotatable bonds is 8. The number of thioether (sulfide) groups is 1. The lowest BCUT2D eigenvalue weighted by molar-refractivity contribution is 0.437.